The van der Waals surface area contributed by atoms with Crippen LogP contribution in [-0.2, 0) is 20.9 Å². The molecular weight excluding hydrogens is 332 g/mol. The first-order valence-corrected chi connectivity index (χ1v) is 8.20. The highest BCUT2D eigenvalue weighted by molar-refractivity contribution is 5.88. The molecule has 0 bridgehead atoms. The Kier molecular flexibility index (Phi) is 5.43. The molecule has 2 heterocycles. The maximum absolute atomic E-state index is 12.2. The molecule has 0 aliphatic heterocycles. The molecule has 0 fully saturated rings. The van der Waals surface area contributed by atoms with E-state index in [0.717, 1.165) is 11.1 Å². The van der Waals surface area contributed by atoms with Crippen molar-refractivity contribution < 1.29 is 19.1 Å². The molecule has 0 aliphatic rings. The number of carbonyl (C=O) groups excluding carboxylic acids is 2. The predicted molar refractivity (Wildman–Crippen MR) is 96.4 cm³/mol. The first-order chi connectivity index (χ1) is 12.7. The molecule has 0 atom stereocenters. The monoisotopic (exact) mass is 350 g/mol. The van der Waals surface area contributed by atoms with Crippen LogP contribution >= 0.6 is 0 Å². The number of esters is 2. The molecule has 0 unspecified atom stereocenters. The molecule has 0 amide bonds. The van der Waals surface area contributed by atoms with Crippen molar-refractivity contribution >= 4 is 23.7 Å². The molecule has 0 N–H and O–H groups in total. The number of rotatable bonds is 6. The van der Waals surface area contributed by atoms with Crippen LogP contribution in [0.1, 0.15) is 28.5 Å². The van der Waals surface area contributed by atoms with E-state index < -0.39 is 11.9 Å². The Morgan fingerprint density at radius 3 is 2.65 bits per heavy atom. The maximum Gasteiger partial charge on any atom is 0.358 e. The van der Waals surface area contributed by atoms with Gasteiger partial charge in [-0.1, -0.05) is 30.3 Å². The quantitative estimate of drug-likeness (QED) is 0.504. The second kappa shape index (κ2) is 8.11. The summed E-state index contributed by atoms with van der Waals surface area (Å²) in [4.78, 5) is 27.8. The molecule has 3 rings (SSSR count). The molecule has 0 radical (unpaired) electrons. The van der Waals surface area contributed by atoms with E-state index >= 15 is 0 Å². The third-order valence-electron chi connectivity index (χ3n) is 3.59. The number of carbonyl (C=O) groups is 2. The van der Waals surface area contributed by atoms with E-state index in [1.807, 2.05) is 30.3 Å². The highest BCUT2D eigenvalue weighted by atomic mass is 16.5. The van der Waals surface area contributed by atoms with Crippen LogP contribution in [0.4, 0.5) is 0 Å². The Bertz CT molecular complexity index is 945. The van der Waals surface area contributed by atoms with Crippen molar-refractivity contribution in [2.45, 2.75) is 13.5 Å². The predicted octanol–water partition coefficient (Wildman–Crippen LogP) is 3.27. The van der Waals surface area contributed by atoms with Gasteiger partial charge in [-0.15, -0.1) is 0 Å². The number of imidazole rings is 1. The van der Waals surface area contributed by atoms with Gasteiger partial charge >= 0.3 is 11.9 Å². The minimum atomic E-state index is -0.485. The number of aromatic nitrogens is 2. The van der Waals surface area contributed by atoms with Crippen molar-refractivity contribution in [1.82, 2.24) is 9.38 Å². The van der Waals surface area contributed by atoms with Crippen LogP contribution in [0, 0.1) is 0 Å². The van der Waals surface area contributed by atoms with Gasteiger partial charge in [0.05, 0.1) is 6.61 Å². The summed E-state index contributed by atoms with van der Waals surface area (Å²) in [5.74, 6) is -0.885. The number of ether oxygens (including phenoxy) is 2. The topological polar surface area (TPSA) is 69.9 Å². The first kappa shape index (κ1) is 17.4. The van der Waals surface area contributed by atoms with Gasteiger partial charge in [0.15, 0.2) is 5.69 Å². The van der Waals surface area contributed by atoms with Crippen molar-refractivity contribution in [3.05, 3.63) is 77.8 Å². The molecule has 2 aromatic heterocycles. The molecule has 26 heavy (non-hydrogen) atoms. The fourth-order valence-electron chi connectivity index (χ4n) is 2.36. The smallest absolute Gasteiger partial charge is 0.358 e. The second-order valence-electron chi connectivity index (χ2n) is 5.50. The standard InChI is InChI=1S/C20H18N2O4/c1-2-25-19(23)11-9-15-8-10-18-21-17(13-22(18)12-15)20(24)26-14-16-6-4-3-5-7-16/h3-13H,2,14H2,1H3/b11-9+. The fraction of sp³-hybridized carbons (Fsp3) is 0.150. The number of hydrogen-bond acceptors (Lipinski definition) is 5. The summed E-state index contributed by atoms with van der Waals surface area (Å²) in [6, 6.07) is 13.0. The van der Waals surface area contributed by atoms with Crippen molar-refractivity contribution in [2.75, 3.05) is 6.61 Å². The molecule has 6 nitrogen and oxygen atoms in total. The first-order valence-electron chi connectivity index (χ1n) is 8.20. The van der Waals surface area contributed by atoms with E-state index in [4.69, 9.17) is 9.47 Å². The maximum atomic E-state index is 12.2. The summed E-state index contributed by atoms with van der Waals surface area (Å²) >= 11 is 0. The lowest BCUT2D eigenvalue weighted by Gasteiger charge is -2.02. The SMILES string of the molecule is CCOC(=O)/C=C/c1ccc2nc(C(=O)OCc3ccccc3)cn2c1. The third-order valence-corrected chi connectivity index (χ3v) is 3.59. The normalized spacial score (nSPS) is 11.0. The third kappa shape index (κ3) is 4.36. The van der Waals surface area contributed by atoms with E-state index in [1.54, 1.807) is 41.9 Å². The van der Waals surface area contributed by atoms with Gasteiger partial charge in [-0.2, -0.15) is 0 Å². The van der Waals surface area contributed by atoms with E-state index in [2.05, 4.69) is 4.98 Å². The molecule has 0 saturated heterocycles. The summed E-state index contributed by atoms with van der Waals surface area (Å²) in [7, 11) is 0. The van der Waals surface area contributed by atoms with E-state index in [0.29, 0.717) is 12.3 Å². The molecule has 132 valence electrons. The number of nitrogens with zero attached hydrogens (tertiary/aromatic N) is 2. The number of pyridine rings is 1. The van der Waals surface area contributed by atoms with Gasteiger partial charge in [-0.25, -0.2) is 14.6 Å². The van der Waals surface area contributed by atoms with Gasteiger partial charge in [0, 0.05) is 18.5 Å². The summed E-state index contributed by atoms with van der Waals surface area (Å²) in [6.45, 7) is 2.28. The average Bonchev–Trinajstić information content (AvgIpc) is 3.09. The number of benzene rings is 1. The van der Waals surface area contributed by atoms with E-state index in [1.165, 1.54) is 6.08 Å². The van der Waals surface area contributed by atoms with Crippen molar-refractivity contribution in [3.8, 4) is 0 Å². The van der Waals surface area contributed by atoms with Gasteiger partial charge in [0.25, 0.3) is 0 Å². The van der Waals surface area contributed by atoms with Gasteiger partial charge in [-0.3, -0.25) is 0 Å². The molecule has 3 aromatic rings. The molecule has 1 aromatic carbocycles. The van der Waals surface area contributed by atoms with Crippen LogP contribution in [0.3, 0.4) is 0 Å². The average molecular weight is 350 g/mol. The Hall–Kier alpha value is -3.41. The summed E-state index contributed by atoms with van der Waals surface area (Å²) < 4.78 is 11.8. The second-order valence-corrected chi connectivity index (χ2v) is 5.50. The van der Waals surface area contributed by atoms with E-state index in [9.17, 15) is 9.59 Å². The Labute approximate surface area is 150 Å². The molecule has 6 heteroatoms. The van der Waals surface area contributed by atoms with Gasteiger partial charge in [-0.05, 0) is 36.3 Å². The van der Waals surface area contributed by atoms with Crippen LogP contribution in [0.2, 0.25) is 0 Å². The summed E-state index contributed by atoms with van der Waals surface area (Å²) in [6.07, 6.45) is 6.37. The summed E-state index contributed by atoms with van der Waals surface area (Å²) in [5.41, 5.74) is 2.54. The molecule has 0 spiro atoms. The summed E-state index contributed by atoms with van der Waals surface area (Å²) in [5, 5.41) is 0. The minimum Gasteiger partial charge on any atom is -0.463 e. The van der Waals surface area contributed by atoms with Crippen LogP contribution < -0.4 is 0 Å². The Balaban J connectivity index is 1.70. The fourth-order valence-corrected chi connectivity index (χ4v) is 2.36. The van der Waals surface area contributed by atoms with Crippen LogP contribution in [0.15, 0.2) is 60.9 Å². The zero-order chi connectivity index (χ0) is 18.4. The lowest BCUT2D eigenvalue weighted by Crippen LogP contribution is -2.05. The molecular formula is C20H18N2O4. The van der Waals surface area contributed by atoms with Gasteiger partial charge < -0.3 is 13.9 Å². The number of hydrogen-bond donors (Lipinski definition) is 0. The highest BCUT2D eigenvalue weighted by Crippen LogP contribution is 2.11. The van der Waals surface area contributed by atoms with Crippen molar-refractivity contribution in [1.29, 1.82) is 0 Å². The van der Waals surface area contributed by atoms with Crippen molar-refractivity contribution in [2.24, 2.45) is 0 Å². The zero-order valence-electron chi connectivity index (χ0n) is 14.3. The largest absolute Gasteiger partial charge is 0.463 e. The van der Waals surface area contributed by atoms with E-state index in [-0.39, 0.29) is 12.3 Å². The van der Waals surface area contributed by atoms with Crippen molar-refractivity contribution in [3.63, 3.8) is 0 Å². The Morgan fingerprint density at radius 2 is 1.88 bits per heavy atom. The van der Waals surface area contributed by atoms with Crippen LogP contribution in [0.5, 0.6) is 0 Å². The minimum absolute atomic E-state index is 0.196. The lowest BCUT2D eigenvalue weighted by molar-refractivity contribution is -0.137. The van der Waals surface area contributed by atoms with Gasteiger partial charge in [0.2, 0.25) is 0 Å². The molecule has 0 saturated carbocycles. The lowest BCUT2D eigenvalue weighted by atomic mass is 10.2. The number of fused-ring (bicyclic) bond motifs is 1. The Morgan fingerprint density at radius 1 is 1.08 bits per heavy atom. The van der Waals surface area contributed by atoms with Gasteiger partial charge in [0.1, 0.15) is 12.3 Å². The highest BCUT2D eigenvalue weighted by Gasteiger charge is 2.12. The molecule has 0 aliphatic carbocycles. The zero-order valence-corrected chi connectivity index (χ0v) is 14.3. The van der Waals surface area contributed by atoms with Crippen LogP contribution in [-0.4, -0.2) is 27.9 Å². The van der Waals surface area contributed by atoms with Crippen LogP contribution in [0.25, 0.3) is 11.7 Å².